The van der Waals surface area contributed by atoms with Crippen molar-refractivity contribution in [3.8, 4) is 5.75 Å². The van der Waals surface area contributed by atoms with E-state index in [9.17, 15) is 4.79 Å². The minimum absolute atomic E-state index is 0.202. The summed E-state index contributed by atoms with van der Waals surface area (Å²) in [7, 11) is 1.56. The Hall–Kier alpha value is -1.82. The number of aromatic nitrogens is 1. The van der Waals surface area contributed by atoms with E-state index in [2.05, 4.69) is 26.4 Å². The van der Waals surface area contributed by atoms with Crippen LogP contribution in [0.2, 0.25) is 0 Å². The third-order valence-corrected chi connectivity index (χ3v) is 3.22. The van der Waals surface area contributed by atoms with Crippen LogP contribution in [0.3, 0.4) is 0 Å². The highest BCUT2D eigenvalue weighted by molar-refractivity contribution is 9.10. The second-order valence-electron chi connectivity index (χ2n) is 3.96. The molecule has 0 fully saturated rings. The summed E-state index contributed by atoms with van der Waals surface area (Å²) in [6, 6.07) is 7.00. The highest BCUT2D eigenvalue weighted by Gasteiger charge is 2.12. The van der Waals surface area contributed by atoms with Crippen molar-refractivity contribution in [1.82, 2.24) is 10.5 Å². The number of halogens is 1. The monoisotopic (exact) mass is 324 g/mol. The highest BCUT2D eigenvalue weighted by atomic mass is 79.9. The molecule has 0 bridgehead atoms. The van der Waals surface area contributed by atoms with Crippen molar-refractivity contribution in [2.45, 2.75) is 13.5 Å². The molecular formula is C13H13BrN2O3. The van der Waals surface area contributed by atoms with E-state index in [0.29, 0.717) is 33.8 Å². The van der Waals surface area contributed by atoms with Gasteiger partial charge in [0.2, 0.25) is 0 Å². The number of aryl methyl sites for hydroxylation is 1. The van der Waals surface area contributed by atoms with Crippen LogP contribution in [0.25, 0.3) is 0 Å². The lowest BCUT2D eigenvalue weighted by Crippen LogP contribution is -2.23. The van der Waals surface area contributed by atoms with E-state index in [1.807, 2.05) is 0 Å². The van der Waals surface area contributed by atoms with Gasteiger partial charge >= 0.3 is 0 Å². The molecule has 0 aliphatic carbocycles. The molecule has 5 nitrogen and oxygen atoms in total. The van der Waals surface area contributed by atoms with E-state index >= 15 is 0 Å². The van der Waals surface area contributed by atoms with Gasteiger partial charge in [0.25, 0.3) is 5.91 Å². The Bertz CT molecular complexity index is 595. The van der Waals surface area contributed by atoms with E-state index in [4.69, 9.17) is 9.26 Å². The van der Waals surface area contributed by atoms with Crippen LogP contribution < -0.4 is 10.1 Å². The largest absolute Gasteiger partial charge is 0.497 e. The van der Waals surface area contributed by atoms with Crippen molar-refractivity contribution < 1.29 is 14.1 Å². The molecule has 0 aliphatic heterocycles. The zero-order valence-electron chi connectivity index (χ0n) is 10.6. The van der Waals surface area contributed by atoms with E-state index in [1.165, 1.54) is 0 Å². The maximum absolute atomic E-state index is 12.1. The quantitative estimate of drug-likeness (QED) is 0.939. The molecule has 0 saturated heterocycles. The minimum Gasteiger partial charge on any atom is -0.497 e. The van der Waals surface area contributed by atoms with E-state index in [1.54, 1.807) is 38.3 Å². The number of carbonyl (C=O) groups is 1. The van der Waals surface area contributed by atoms with Crippen LogP contribution in [0.4, 0.5) is 0 Å². The fourth-order valence-corrected chi connectivity index (χ4v) is 2.00. The first-order chi connectivity index (χ1) is 9.10. The summed E-state index contributed by atoms with van der Waals surface area (Å²) in [4.78, 5) is 12.1. The topological polar surface area (TPSA) is 64.4 Å². The van der Waals surface area contributed by atoms with Crippen molar-refractivity contribution in [2.75, 3.05) is 7.11 Å². The van der Waals surface area contributed by atoms with E-state index in [0.717, 1.165) is 0 Å². The van der Waals surface area contributed by atoms with Gasteiger partial charge in [-0.25, -0.2) is 0 Å². The van der Waals surface area contributed by atoms with Crippen LogP contribution >= 0.6 is 15.9 Å². The molecule has 100 valence electrons. The molecule has 2 rings (SSSR count). The second kappa shape index (κ2) is 5.88. The van der Waals surface area contributed by atoms with Gasteiger partial charge in [-0.2, -0.15) is 0 Å². The maximum atomic E-state index is 12.1. The fraction of sp³-hybridized carbons (Fsp3) is 0.231. The first-order valence-electron chi connectivity index (χ1n) is 5.64. The van der Waals surface area contributed by atoms with Crippen LogP contribution in [0.5, 0.6) is 5.75 Å². The normalized spacial score (nSPS) is 10.3. The smallest absolute Gasteiger partial charge is 0.252 e. The lowest BCUT2D eigenvalue weighted by molar-refractivity contribution is 0.0949. The Morgan fingerprint density at radius 2 is 2.26 bits per heavy atom. The molecule has 2 aromatic rings. The number of carbonyl (C=O) groups excluding carboxylic acids is 1. The number of methoxy groups -OCH3 is 1. The standard InChI is InChI=1S/C13H13BrN2O3/c1-8-5-9(16-19-8)7-15-13(17)11-6-10(18-2)3-4-12(11)14/h3-6H,7H2,1-2H3,(H,15,17). The number of hydrogen-bond donors (Lipinski definition) is 1. The van der Waals surface area contributed by atoms with Crippen molar-refractivity contribution in [3.63, 3.8) is 0 Å². The fourth-order valence-electron chi connectivity index (χ4n) is 1.57. The van der Waals surface area contributed by atoms with Gasteiger partial charge in [0, 0.05) is 10.5 Å². The summed E-state index contributed by atoms with van der Waals surface area (Å²) in [6.07, 6.45) is 0. The van der Waals surface area contributed by atoms with Crippen molar-refractivity contribution >= 4 is 21.8 Å². The Balaban J connectivity index is 2.07. The summed E-state index contributed by atoms with van der Waals surface area (Å²) < 4.78 is 10.7. The number of rotatable bonds is 4. The van der Waals surface area contributed by atoms with Gasteiger partial charge in [0.15, 0.2) is 0 Å². The SMILES string of the molecule is COc1ccc(Br)c(C(=O)NCc2cc(C)on2)c1. The summed E-state index contributed by atoms with van der Waals surface area (Å²) in [5, 5.41) is 6.59. The van der Waals surface area contributed by atoms with Crippen molar-refractivity contribution in [1.29, 1.82) is 0 Å². The molecule has 0 saturated carbocycles. The Labute approximate surface area is 119 Å². The van der Waals surface area contributed by atoms with Crippen LogP contribution in [-0.2, 0) is 6.54 Å². The first-order valence-corrected chi connectivity index (χ1v) is 6.43. The molecule has 1 N–H and O–H groups in total. The predicted molar refractivity (Wildman–Crippen MR) is 73.1 cm³/mol. The summed E-state index contributed by atoms with van der Waals surface area (Å²) in [6.45, 7) is 2.12. The number of nitrogens with one attached hydrogen (secondary N) is 1. The van der Waals surface area contributed by atoms with Crippen LogP contribution in [0.15, 0.2) is 33.3 Å². The van der Waals surface area contributed by atoms with Gasteiger partial charge in [-0.15, -0.1) is 0 Å². The van der Waals surface area contributed by atoms with Gasteiger partial charge in [0.1, 0.15) is 17.2 Å². The van der Waals surface area contributed by atoms with Crippen molar-refractivity contribution in [2.24, 2.45) is 0 Å². The van der Waals surface area contributed by atoms with Crippen LogP contribution in [0.1, 0.15) is 21.8 Å². The second-order valence-corrected chi connectivity index (χ2v) is 4.81. The average molecular weight is 325 g/mol. The maximum Gasteiger partial charge on any atom is 0.252 e. The molecule has 19 heavy (non-hydrogen) atoms. The number of nitrogens with zero attached hydrogens (tertiary/aromatic N) is 1. The molecule has 0 unspecified atom stereocenters. The van der Waals surface area contributed by atoms with Gasteiger partial charge in [-0.1, -0.05) is 5.16 Å². The molecular weight excluding hydrogens is 312 g/mol. The summed E-state index contributed by atoms with van der Waals surface area (Å²) in [5.74, 6) is 1.14. The number of hydrogen-bond acceptors (Lipinski definition) is 4. The first kappa shape index (κ1) is 13.6. The van der Waals surface area contributed by atoms with Gasteiger partial charge < -0.3 is 14.6 Å². The third kappa shape index (κ3) is 3.35. The molecule has 1 amide bonds. The molecule has 0 radical (unpaired) electrons. The van der Waals surface area contributed by atoms with E-state index in [-0.39, 0.29) is 5.91 Å². The number of amides is 1. The zero-order valence-corrected chi connectivity index (χ0v) is 12.2. The van der Waals surface area contributed by atoms with Gasteiger partial charge in [-0.05, 0) is 41.1 Å². The number of ether oxygens (including phenoxy) is 1. The minimum atomic E-state index is -0.202. The average Bonchev–Trinajstić information content (AvgIpc) is 2.82. The molecule has 0 atom stereocenters. The van der Waals surface area contributed by atoms with Crippen LogP contribution in [0, 0.1) is 6.92 Å². The lowest BCUT2D eigenvalue weighted by atomic mass is 10.2. The summed E-state index contributed by atoms with van der Waals surface area (Å²) in [5.41, 5.74) is 1.20. The molecule has 0 aliphatic rings. The zero-order chi connectivity index (χ0) is 13.8. The van der Waals surface area contributed by atoms with Gasteiger partial charge in [-0.3, -0.25) is 4.79 Å². The molecule has 6 heteroatoms. The lowest BCUT2D eigenvalue weighted by Gasteiger charge is -2.07. The molecule has 0 spiro atoms. The Morgan fingerprint density at radius 3 is 2.89 bits per heavy atom. The van der Waals surface area contributed by atoms with Crippen LogP contribution in [-0.4, -0.2) is 18.2 Å². The van der Waals surface area contributed by atoms with Crippen molar-refractivity contribution in [3.05, 3.63) is 45.8 Å². The van der Waals surface area contributed by atoms with Gasteiger partial charge in [0.05, 0.1) is 19.2 Å². The number of benzene rings is 1. The third-order valence-electron chi connectivity index (χ3n) is 2.52. The van der Waals surface area contributed by atoms with E-state index < -0.39 is 0 Å². The Morgan fingerprint density at radius 1 is 1.47 bits per heavy atom. The molecule has 1 heterocycles. The predicted octanol–water partition coefficient (Wildman–Crippen LogP) is 2.68. The Kier molecular flexibility index (Phi) is 4.21. The molecule has 1 aromatic heterocycles. The summed E-state index contributed by atoms with van der Waals surface area (Å²) >= 11 is 3.34. The molecule has 1 aromatic carbocycles. The highest BCUT2D eigenvalue weighted by Crippen LogP contribution is 2.22.